The number of nitrogens with two attached hydrogens (primary N) is 1. The SMILES string of the molecule is CC(C)(C)c1ccc(CC2CCC2N)cc1. The normalized spacial score (nSPS) is 25.2. The lowest BCUT2D eigenvalue weighted by Gasteiger charge is -2.33. The molecule has 2 rings (SSSR count). The largest absolute Gasteiger partial charge is 0.327 e. The zero-order valence-electron chi connectivity index (χ0n) is 10.7. The summed E-state index contributed by atoms with van der Waals surface area (Å²) < 4.78 is 0. The van der Waals surface area contributed by atoms with Crippen molar-refractivity contribution in [1.29, 1.82) is 0 Å². The number of rotatable bonds is 2. The van der Waals surface area contributed by atoms with E-state index in [2.05, 4.69) is 45.0 Å². The van der Waals surface area contributed by atoms with Crippen LogP contribution < -0.4 is 5.73 Å². The molecule has 1 aliphatic rings. The molecule has 1 aromatic carbocycles. The fourth-order valence-corrected chi connectivity index (χ4v) is 2.29. The van der Waals surface area contributed by atoms with Crippen molar-refractivity contribution in [3.63, 3.8) is 0 Å². The summed E-state index contributed by atoms with van der Waals surface area (Å²) in [7, 11) is 0. The van der Waals surface area contributed by atoms with E-state index in [1.807, 2.05) is 0 Å². The van der Waals surface area contributed by atoms with Gasteiger partial charge in [-0.3, -0.25) is 0 Å². The van der Waals surface area contributed by atoms with E-state index >= 15 is 0 Å². The molecule has 2 N–H and O–H groups in total. The maximum atomic E-state index is 5.97. The zero-order chi connectivity index (χ0) is 11.8. The highest BCUT2D eigenvalue weighted by Crippen LogP contribution is 2.29. The lowest BCUT2D eigenvalue weighted by molar-refractivity contribution is 0.256. The standard InChI is InChI=1S/C15H23N/c1-15(2,3)13-7-4-11(5-8-13)10-12-6-9-14(12)16/h4-5,7-8,12,14H,6,9-10,16H2,1-3H3. The minimum absolute atomic E-state index is 0.255. The monoisotopic (exact) mass is 217 g/mol. The zero-order valence-corrected chi connectivity index (χ0v) is 10.7. The van der Waals surface area contributed by atoms with Gasteiger partial charge in [0.1, 0.15) is 0 Å². The third-order valence-corrected chi connectivity index (χ3v) is 3.79. The van der Waals surface area contributed by atoms with Gasteiger partial charge in [-0.2, -0.15) is 0 Å². The summed E-state index contributed by atoms with van der Waals surface area (Å²) in [5, 5.41) is 0. The molecule has 0 radical (unpaired) electrons. The predicted molar refractivity (Wildman–Crippen MR) is 69.5 cm³/mol. The van der Waals surface area contributed by atoms with E-state index in [0.29, 0.717) is 6.04 Å². The van der Waals surface area contributed by atoms with E-state index in [1.165, 1.54) is 24.0 Å². The molecule has 2 unspecified atom stereocenters. The van der Waals surface area contributed by atoms with Crippen LogP contribution in [0.5, 0.6) is 0 Å². The van der Waals surface area contributed by atoms with Crippen LogP contribution in [0.3, 0.4) is 0 Å². The minimum atomic E-state index is 0.255. The van der Waals surface area contributed by atoms with Gasteiger partial charge in [-0.05, 0) is 41.7 Å². The Morgan fingerprint density at radius 3 is 2.12 bits per heavy atom. The van der Waals surface area contributed by atoms with Gasteiger partial charge >= 0.3 is 0 Å². The molecule has 16 heavy (non-hydrogen) atoms. The molecule has 0 aromatic heterocycles. The molecule has 0 amide bonds. The van der Waals surface area contributed by atoms with Gasteiger partial charge in [0.05, 0.1) is 0 Å². The highest BCUT2D eigenvalue weighted by atomic mass is 14.7. The van der Waals surface area contributed by atoms with Gasteiger partial charge in [-0.1, -0.05) is 45.0 Å². The average Bonchev–Trinajstić information content (AvgIpc) is 2.23. The number of hydrogen-bond acceptors (Lipinski definition) is 1. The third-order valence-electron chi connectivity index (χ3n) is 3.79. The molecule has 88 valence electrons. The van der Waals surface area contributed by atoms with Gasteiger partial charge in [0.2, 0.25) is 0 Å². The van der Waals surface area contributed by atoms with Gasteiger partial charge in [-0.25, -0.2) is 0 Å². The van der Waals surface area contributed by atoms with Crippen molar-refractivity contribution in [3.8, 4) is 0 Å². The van der Waals surface area contributed by atoms with Crippen LogP contribution in [0.25, 0.3) is 0 Å². The van der Waals surface area contributed by atoms with Crippen LogP contribution in [-0.2, 0) is 11.8 Å². The maximum Gasteiger partial charge on any atom is 0.00704 e. The second kappa shape index (κ2) is 4.21. The van der Waals surface area contributed by atoms with Crippen LogP contribution in [0.2, 0.25) is 0 Å². The van der Waals surface area contributed by atoms with Crippen molar-refractivity contribution in [3.05, 3.63) is 35.4 Å². The molecule has 1 heteroatoms. The molecule has 1 fully saturated rings. The van der Waals surface area contributed by atoms with Crippen molar-refractivity contribution in [2.75, 3.05) is 0 Å². The maximum absolute atomic E-state index is 5.97. The van der Waals surface area contributed by atoms with E-state index in [-0.39, 0.29) is 5.41 Å². The molecule has 1 aromatic rings. The first-order valence-electron chi connectivity index (χ1n) is 6.32. The summed E-state index contributed by atoms with van der Waals surface area (Å²) in [6, 6.07) is 9.51. The Kier molecular flexibility index (Phi) is 3.07. The summed E-state index contributed by atoms with van der Waals surface area (Å²) in [4.78, 5) is 0. The van der Waals surface area contributed by atoms with Crippen LogP contribution in [-0.4, -0.2) is 6.04 Å². The van der Waals surface area contributed by atoms with Gasteiger partial charge in [0.15, 0.2) is 0 Å². The fourth-order valence-electron chi connectivity index (χ4n) is 2.29. The summed E-state index contributed by atoms with van der Waals surface area (Å²) in [6.07, 6.45) is 3.68. The summed E-state index contributed by atoms with van der Waals surface area (Å²) >= 11 is 0. The number of benzene rings is 1. The lowest BCUT2D eigenvalue weighted by Crippen LogP contribution is -2.40. The minimum Gasteiger partial charge on any atom is -0.327 e. The van der Waals surface area contributed by atoms with Crippen molar-refractivity contribution < 1.29 is 0 Å². The van der Waals surface area contributed by atoms with Crippen molar-refractivity contribution in [2.24, 2.45) is 11.7 Å². The van der Waals surface area contributed by atoms with Crippen LogP contribution in [0, 0.1) is 5.92 Å². The molecular formula is C15H23N. The number of hydrogen-bond donors (Lipinski definition) is 1. The van der Waals surface area contributed by atoms with Crippen molar-refractivity contribution in [1.82, 2.24) is 0 Å². The molecule has 1 saturated carbocycles. The van der Waals surface area contributed by atoms with Gasteiger partial charge in [0.25, 0.3) is 0 Å². The van der Waals surface area contributed by atoms with Crippen LogP contribution in [0.15, 0.2) is 24.3 Å². The first kappa shape index (κ1) is 11.7. The average molecular weight is 217 g/mol. The molecule has 1 aliphatic carbocycles. The van der Waals surface area contributed by atoms with Crippen LogP contribution >= 0.6 is 0 Å². The van der Waals surface area contributed by atoms with Crippen molar-refractivity contribution >= 4 is 0 Å². The van der Waals surface area contributed by atoms with E-state index in [4.69, 9.17) is 5.73 Å². The topological polar surface area (TPSA) is 26.0 Å². The molecule has 1 nitrogen and oxygen atoms in total. The van der Waals surface area contributed by atoms with E-state index < -0.39 is 0 Å². The smallest absolute Gasteiger partial charge is 0.00704 e. The highest BCUT2D eigenvalue weighted by molar-refractivity contribution is 5.28. The Balaban J connectivity index is 2.02. The molecule has 2 atom stereocenters. The first-order chi connectivity index (χ1) is 7.47. The van der Waals surface area contributed by atoms with Crippen molar-refractivity contribution in [2.45, 2.75) is 51.5 Å². The summed E-state index contributed by atoms with van der Waals surface area (Å²) in [6.45, 7) is 6.76. The van der Waals surface area contributed by atoms with Gasteiger partial charge in [-0.15, -0.1) is 0 Å². The summed E-state index contributed by atoms with van der Waals surface area (Å²) in [5.74, 6) is 0.723. The van der Waals surface area contributed by atoms with Gasteiger partial charge < -0.3 is 5.73 Å². The quantitative estimate of drug-likeness (QED) is 0.808. The molecular weight excluding hydrogens is 194 g/mol. The van der Waals surface area contributed by atoms with E-state index in [0.717, 1.165) is 12.3 Å². The molecule has 0 aliphatic heterocycles. The predicted octanol–water partition coefficient (Wildman–Crippen LogP) is 3.26. The Bertz CT molecular complexity index is 345. The third kappa shape index (κ3) is 2.46. The van der Waals surface area contributed by atoms with Crippen LogP contribution in [0.4, 0.5) is 0 Å². The Hall–Kier alpha value is -0.820. The van der Waals surface area contributed by atoms with Crippen LogP contribution in [0.1, 0.15) is 44.7 Å². The lowest BCUT2D eigenvalue weighted by atomic mass is 9.76. The highest BCUT2D eigenvalue weighted by Gasteiger charge is 2.27. The van der Waals surface area contributed by atoms with Gasteiger partial charge in [0, 0.05) is 6.04 Å². The first-order valence-corrected chi connectivity index (χ1v) is 6.32. The Morgan fingerprint density at radius 2 is 1.75 bits per heavy atom. The molecule has 0 spiro atoms. The fraction of sp³-hybridized carbons (Fsp3) is 0.600. The Labute approximate surface area is 99.0 Å². The van der Waals surface area contributed by atoms with E-state index in [1.54, 1.807) is 0 Å². The van der Waals surface area contributed by atoms with E-state index in [9.17, 15) is 0 Å². The Morgan fingerprint density at radius 1 is 1.12 bits per heavy atom. The molecule has 0 heterocycles. The summed E-state index contributed by atoms with van der Waals surface area (Å²) in [5.41, 5.74) is 9.07. The molecule has 0 bridgehead atoms. The second-order valence-electron chi connectivity index (χ2n) is 6.15. The second-order valence-corrected chi connectivity index (χ2v) is 6.15. The molecule has 0 saturated heterocycles.